The topological polar surface area (TPSA) is 60.4 Å². The number of carboxylic acids is 1. The first-order valence-electron chi connectivity index (χ1n) is 5.68. The molecule has 1 rings (SSSR count). The summed E-state index contributed by atoms with van der Waals surface area (Å²) in [6, 6.07) is 4.20. The van der Waals surface area contributed by atoms with Crippen LogP contribution in [0.15, 0.2) is 18.2 Å². The van der Waals surface area contributed by atoms with Gasteiger partial charge in [-0.2, -0.15) is 0 Å². The van der Waals surface area contributed by atoms with Crippen LogP contribution in [0.3, 0.4) is 0 Å². The van der Waals surface area contributed by atoms with E-state index in [9.17, 15) is 9.90 Å². The van der Waals surface area contributed by atoms with Gasteiger partial charge in [0.05, 0.1) is 5.56 Å². The Morgan fingerprint density at radius 1 is 1.29 bits per heavy atom. The third-order valence-electron chi connectivity index (χ3n) is 2.61. The average molecular weight is 260 g/mol. The summed E-state index contributed by atoms with van der Waals surface area (Å²) in [5.74, 6) is -1.03. The van der Waals surface area contributed by atoms with E-state index in [0.29, 0.717) is 12.0 Å². The molecule has 0 fully saturated rings. The molecule has 0 aliphatic carbocycles. The second kappa shape index (κ2) is 9.11. The number of aryl methyl sites for hydroxylation is 1. The van der Waals surface area contributed by atoms with Crippen LogP contribution in [0.25, 0.3) is 0 Å². The molecular weight excluding hydrogens is 243 g/mol. The van der Waals surface area contributed by atoms with Crippen molar-refractivity contribution in [2.24, 2.45) is 0 Å². The maximum absolute atomic E-state index is 11.5. The molecule has 1 aromatic carbocycles. The van der Waals surface area contributed by atoms with E-state index in [-0.39, 0.29) is 62.7 Å². The molecule has 88 valence electrons. The van der Waals surface area contributed by atoms with Crippen molar-refractivity contribution >= 4 is 5.97 Å². The van der Waals surface area contributed by atoms with Crippen molar-refractivity contribution < 1.29 is 66.4 Å². The summed E-state index contributed by atoms with van der Waals surface area (Å²) in [4.78, 5) is 10.7. The Morgan fingerprint density at radius 2 is 2.00 bits per heavy atom. The molecule has 0 radical (unpaired) electrons. The predicted octanol–water partition coefficient (Wildman–Crippen LogP) is -0.415. The van der Waals surface area contributed by atoms with Crippen molar-refractivity contribution in [3.8, 4) is 5.75 Å². The largest absolute Gasteiger partial charge is 1.00 e. The molecule has 1 aromatic rings. The van der Waals surface area contributed by atoms with Gasteiger partial charge >= 0.3 is 57.4 Å². The summed E-state index contributed by atoms with van der Waals surface area (Å²) >= 11 is 0. The number of hydrogen-bond acceptors (Lipinski definition) is 2. The van der Waals surface area contributed by atoms with Crippen molar-refractivity contribution in [2.45, 2.75) is 39.0 Å². The smallest absolute Gasteiger partial charge is 0.872 e. The summed E-state index contributed by atoms with van der Waals surface area (Å²) in [7, 11) is 0. The van der Waals surface area contributed by atoms with Gasteiger partial charge in [0.1, 0.15) is 0 Å². The summed E-state index contributed by atoms with van der Waals surface area (Å²) in [6.45, 7) is 2.13. The van der Waals surface area contributed by atoms with Crippen LogP contribution in [0.1, 0.15) is 48.5 Å². The minimum absolute atomic E-state index is 0. The van der Waals surface area contributed by atoms with Gasteiger partial charge in [0.15, 0.2) is 0 Å². The van der Waals surface area contributed by atoms with Gasteiger partial charge in [-0.15, -0.1) is 5.75 Å². The van der Waals surface area contributed by atoms with Crippen LogP contribution < -0.4 is 56.5 Å². The van der Waals surface area contributed by atoms with Gasteiger partial charge in [0.2, 0.25) is 0 Å². The maximum Gasteiger partial charge on any atom is 1.00 e. The fraction of sp³-hybridized carbons (Fsp3) is 0.462. The quantitative estimate of drug-likeness (QED) is 0.558. The first kappa shape index (κ1) is 17.1. The Hall–Kier alpha value is 0.126. The maximum atomic E-state index is 11.5. The number of carboxylic acid groups (broad SMARTS) is 1. The van der Waals surface area contributed by atoms with E-state index in [2.05, 4.69) is 6.92 Å². The number of carbonyl (C=O) groups is 1. The van der Waals surface area contributed by atoms with Crippen molar-refractivity contribution in [3.05, 3.63) is 29.3 Å². The molecule has 0 atom stereocenters. The van der Waals surface area contributed by atoms with Gasteiger partial charge in [-0.25, -0.2) is 4.79 Å². The van der Waals surface area contributed by atoms with Crippen LogP contribution in [0.2, 0.25) is 0 Å². The number of benzene rings is 1. The van der Waals surface area contributed by atoms with E-state index in [1.165, 1.54) is 18.2 Å². The van der Waals surface area contributed by atoms with Gasteiger partial charge < -0.3 is 10.2 Å². The molecule has 0 saturated carbocycles. The zero-order chi connectivity index (χ0) is 12.0. The number of hydrogen-bond donors (Lipinski definition) is 1. The molecule has 0 aliphatic rings. The van der Waals surface area contributed by atoms with Gasteiger partial charge in [0.25, 0.3) is 0 Å². The van der Waals surface area contributed by atoms with E-state index in [4.69, 9.17) is 5.11 Å². The summed E-state index contributed by atoms with van der Waals surface area (Å²) in [6.07, 6.45) is 5.03. The SMILES string of the molecule is CCCCCCc1cc(C(=O)O)ccc1[O-].[K+]. The second-order valence-corrected chi connectivity index (χ2v) is 3.94. The number of rotatable bonds is 6. The molecule has 0 unspecified atom stereocenters. The minimum atomic E-state index is -0.977. The zero-order valence-corrected chi connectivity index (χ0v) is 13.7. The molecular formula is C13H17KO3. The molecule has 17 heavy (non-hydrogen) atoms. The van der Waals surface area contributed by atoms with E-state index in [0.717, 1.165) is 25.7 Å². The molecule has 3 nitrogen and oxygen atoms in total. The third kappa shape index (κ3) is 6.02. The molecule has 0 amide bonds. The molecule has 0 saturated heterocycles. The standard InChI is InChI=1S/C13H18O3.K/c1-2-3-4-5-6-10-9-11(13(15)16)7-8-12(10)14;/h7-9,14H,2-6H2,1H3,(H,15,16);/q;+1/p-1. The molecule has 1 N–H and O–H groups in total. The van der Waals surface area contributed by atoms with Gasteiger partial charge in [-0.3, -0.25) is 0 Å². The van der Waals surface area contributed by atoms with Crippen molar-refractivity contribution in [1.29, 1.82) is 0 Å². The fourth-order valence-electron chi connectivity index (χ4n) is 1.65. The van der Waals surface area contributed by atoms with Crippen LogP contribution in [-0.4, -0.2) is 11.1 Å². The van der Waals surface area contributed by atoms with Crippen LogP contribution >= 0.6 is 0 Å². The van der Waals surface area contributed by atoms with E-state index in [1.807, 2.05) is 0 Å². The molecule has 4 heteroatoms. The molecule has 0 spiro atoms. The fourth-order valence-corrected chi connectivity index (χ4v) is 1.65. The predicted molar refractivity (Wildman–Crippen MR) is 60.7 cm³/mol. The van der Waals surface area contributed by atoms with Crippen LogP contribution in [0.5, 0.6) is 5.75 Å². The summed E-state index contributed by atoms with van der Waals surface area (Å²) in [5, 5.41) is 20.3. The van der Waals surface area contributed by atoms with Crippen molar-refractivity contribution in [2.75, 3.05) is 0 Å². The Kier molecular flexibility index (Phi) is 9.18. The number of aromatic carboxylic acids is 1. The third-order valence-corrected chi connectivity index (χ3v) is 2.61. The van der Waals surface area contributed by atoms with E-state index >= 15 is 0 Å². The first-order valence-corrected chi connectivity index (χ1v) is 5.68. The van der Waals surface area contributed by atoms with Crippen molar-refractivity contribution in [1.82, 2.24) is 0 Å². The molecule has 0 heterocycles. The second-order valence-electron chi connectivity index (χ2n) is 3.94. The normalized spacial score (nSPS) is 9.71. The van der Waals surface area contributed by atoms with Gasteiger partial charge in [-0.05, 0) is 25.0 Å². The molecule has 0 bridgehead atoms. The Balaban J connectivity index is 0.00000256. The molecule has 0 aliphatic heterocycles. The monoisotopic (exact) mass is 260 g/mol. The number of unbranched alkanes of at least 4 members (excludes halogenated alkanes) is 3. The summed E-state index contributed by atoms with van der Waals surface area (Å²) in [5.41, 5.74) is 0.820. The Labute approximate surface area is 145 Å². The van der Waals surface area contributed by atoms with Gasteiger partial charge in [0, 0.05) is 0 Å². The van der Waals surface area contributed by atoms with Gasteiger partial charge in [-0.1, -0.05) is 37.8 Å². The van der Waals surface area contributed by atoms with Crippen LogP contribution in [-0.2, 0) is 6.42 Å². The average Bonchev–Trinajstić information content (AvgIpc) is 2.26. The first-order chi connectivity index (χ1) is 7.65. The Morgan fingerprint density at radius 3 is 2.59 bits per heavy atom. The van der Waals surface area contributed by atoms with E-state index < -0.39 is 5.97 Å². The molecule has 0 aromatic heterocycles. The zero-order valence-electron chi connectivity index (χ0n) is 10.5. The van der Waals surface area contributed by atoms with Crippen LogP contribution in [0.4, 0.5) is 0 Å². The Bertz CT molecular complexity index is 364. The minimum Gasteiger partial charge on any atom is -0.872 e. The van der Waals surface area contributed by atoms with Crippen molar-refractivity contribution in [3.63, 3.8) is 0 Å². The van der Waals surface area contributed by atoms with Crippen LogP contribution in [0, 0.1) is 0 Å². The summed E-state index contributed by atoms with van der Waals surface area (Å²) < 4.78 is 0. The van der Waals surface area contributed by atoms with E-state index in [1.54, 1.807) is 0 Å².